The summed E-state index contributed by atoms with van der Waals surface area (Å²) in [5.74, 6) is 0. The lowest BCUT2D eigenvalue weighted by Crippen LogP contribution is -2.41. The summed E-state index contributed by atoms with van der Waals surface area (Å²) in [4.78, 5) is 0. The van der Waals surface area contributed by atoms with Crippen molar-refractivity contribution in [2.75, 3.05) is 6.26 Å². The Morgan fingerprint density at radius 3 is 2.50 bits per heavy atom. The van der Waals surface area contributed by atoms with Gasteiger partial charge in [-0.3, -0.25) is 0 Å². The maximum atomic E-state index is 11.7. The van der Waals surface area contributed by atoms with E-state index in [1.807, 2.05) is 18.2 Å². The van der Waals surface area contributed by atoms with E-state index in [0.717, 1.165) is 19.3 Å². The van der Waals surface area contributed by atoms with Crippen molar-refractivity contribution in [3.05, 3.63) is 35.9 Å². The van der Waals surface area contributed by atoms with Crippen LogP contribution in [0.5, 0.6) is 0 Å². The monoisotopic (exact) mass is 267 g/mol. The van der Waals surface area contributed by atoms with E-state index in [4.69, 9.17) is 0 Å². The van der Waals surface area contributed by atoms with Crippen LogP contribution in [0.4, 0.5) is 0 Å². The highest BCUT2D eigenvalue weighted by Crippen LogP contribution is 2.27. The van der Waals surface area contributed by atoms with Crippen molar-refractivity contribution in [2.45, 2.75) is 43.5 Å². The van der Waals surface area contributed by atoms with E-state index in [9.17, 15) is 8.42 Å². The van der Waals surface area contributed by atoms with E-state index < -0.39 is 9.84 Å². The van der Waals surface area contributed by atoms with Crippen molar-refractivity contribution in [3.8, 4) is 0 Å². The molecule has 0 radical (unpaired) electrons. The zero-order valence-corrected chi connectivity index (χ0v) is 11.8. The molecule has 3 atom stereocenters. The average Bonchev–Trinajstić information content (AvgIpc) is 2.78. The predicted molar refractivity (Wildman–Crippen MR) is 74.3 cm³/mol. The number of hydrogen-bond acceptors (Lipinski definition) is 3. The normalized spacial score (nSPS) is 26.1. The van der Waals surface area contributed by atoms with Crippen molar-refractivity contribution in [2.24, 2.45) is 0 Å². The smallest absolute Gasteiger partial charge is 0.151 e. The molecule has 2 unspecified atom stereocenters. The van der Waals surface area contributed by atoms with Crippen LogP contribution in [0, 0.1) is 0 Å². The third kappa shape index (κ3) is 3.12. The number of sulfone groups is 1. The van der Waals surface area contributed by atoms with Crippen molar-refractivity contribution in [1.29, 1.82) is 0 Å². The highest BCUT2D eigenvalue weighted by Gasteiger charge is 2.35. The fourth-order valence-corrected chi connectivity index (χ4v) is 4.19. The van der Waals surface area contributed by atoms with Gasteiger partial charge in [-0.05, 0) is 25.3 Å². The number of nitrogens with one attached hydrogen (secondary N) is 1. The summed E-state index contributed by atoms with van der Waals surface area (Å²) < 4.78 is 23.4. The topological polar surface area (TPSA) is 46.2 Å². The first kappa shape index (κ1) is 13.6. The summed E-state index contributed by atoms with van der Waals surface area (Å²) in [5, 5.41) is 3.25. The van der Waals surface area contributed by atoms with Gasteiger partial charge in [-0.1, -0.05) is 36.8 Å². The van der Waals surface area contributed by atoms with Gasteiger partial charge in [0, 0.05) is 18.3 Å². The summed E-state index contributed by atoms with van der Waals surface area (Å²) in [6, 6.07) is 10.4. The molecule has 0 bridgehead atoms. The first-order chi connectivity index (χ1) is 8.48. The molecule has 1 saturated carbocycles. The number of hydrogen-bond donors (Lipinski definition) is 1. The van der Waals surface area contributed by atoms with E-state index in [0.29, 0.717) is 0 Å². The van der Waals surface area contributed by atoms with E-state index in [1.165, 1.54) is 11.8 Å². The summed E-state index contributed by atoms with van der Waals surface area (Å²) >= 11 is 0. The summed E-state index contributed by atoms with van der Waals surface area (Å²) in [5.41, 5.74) is 1.21. The van der Waals surface area contributed by atoms with Crippen LogP contribution in [0.25, 0.3) is 0 Å². The second-order valence-corrected chi connectivity index (χ2v) is 7.47. The fraction of sp³-hybridized carbons (Fsp3) is 0.571. The first-order valence-corrected chi connectivity index (χ1v) is 8.44. The molecule has 1 aromatic rings. The number of benzene rings is 1. The molecular formula is C14H21NO2S. The molecule has 0 amide bonds. The van der Waals surface area contributed by atoms with Crippen molar-refractivity contribution < 1.29 is 8.42 Å². The van der Waals surface area contributed by atoms with Gasteiger partial charge >= 0.3 is 0 Å². The van der Waals surface area contributed by atoms with E-state index in [-0.39, 0.29) is 17.3 Å². The van der Waals surface area contributed by atoms with Crippen LogP contribution < -0.4 is 5.32 Å². The standard InChI is InChI=1S/C14H21NO2S/c1-11(12-7-4-3-5-8-12)15-13-9-6-10-14(13)18(2,16)17/h3-5,7-8,11,13-15H,6,9-10H2,1-2H3/t11-,13?,14?/m1/s1. The zero-order chi connectivity index (χ0) is 13.2. The maximum Gasteiger partial charge on any atom is 0.151 e. The van der Waals surface area contributed by atoms with E-state index in [1.54, 1.807) is 0 Å². The van der Waals surface area contributed by atoms with Crippen LogP contribution >= 0.6 is 0 Å². The zero-order valence-electron chi connectivity index (χ0n) is 11.0. The summed E-state index contributed by atoms with van der Waals surface area (Å²) in [6.45, 7) is 2.09. The molecule has 2 rings (SSSR count). The lowest BCUT2D eigenvalue weighted by Gasteiger charge is -2.24. The molecule has 1 aliphatic rings. The molecule has 0 heterocycles. The Bertz CT molecular complexity index is 484. The Kier molecular flexibility index (Phi) is 4.07. The quantitative estimate of drug-likeness (QED) is 0.910. The minimum absolute atomic E-state index is 0.0928. The Labute approximate surface area is 110 Å². The molecule has 1 aromatic carbocycles. The first-order valence-electron chi connectivity index (χ1n) is 6.48. The lowest BCUT2D eigenvalue weighted by molar-refractivity contribution is 0.456. The van der Waals surface area contributed by atoms with Gasteiger partial charge in [0.15, 0.2) is 9.84 Å². The molecule has 1 fully saturated rings. The fourth-order valence-electron chi connectivity index (χ4n) is 2.79. The molecule has 0 aromatic heterocycles. The van der Waals surface area contributed by atoms with Gasteiger partial charge in [-0.15, -0.1) is 0 Å². The molecule has 0 spiro atoms. The highest BCUT2D eigenvalue weighted by atomic mass is 32.2. The minimum Gasteiger partial charge on any atom is -0.306 e. The Morgan fingerprint density at radius 2 is 1.89 bits per heavy atom. The van der Waals surface area contributed by atoms with Crippen LogP contribution in [0.2, 0.25) is 0 Å². The van der Waals surface area contributed by atoms with Crippen LogP contribution in [-0.4, -0.2) is 26.0 Å². The molecule has 3 nitrogen and oxygen atoms in total. The number of rotatable bonds is 4. The second-order valence-electron chi connectivity index (χ2n) is 5.20. The van der Waals surface area contributed by atoms with Crippen LogP contribution in [0.3, 0.4) is 0 Å². The van der Waals surface area contributed by atoms with Gasteiger partial charge in [-0.25, -0.2) is 8.42 Å². The van der Waals surface area contributed by atoms with Gasteiger partial charge in [0.25, 0.3) is 0 Å². The van der Waals surface area contributed by atoms with Crippen molar-refractivity contribution in [1.82, 2.24) is 5.32 Å². The lowest BCUT2D eigenvalue weighted by atomic mass is 10.1. The predicted octanol–water partition coefficient (Wildman–Crippen LogP) is 2.30. The third-order valence-electron chi connectivity index (χ3n) is 3.77. The highest BCUT2D eigenvalue weighted by molar-refractivity contribution is 7.91. The molecule has 1 aliphatic carbocycles. The molecule has 0 aliphatic heterocycles. The average molecular weight is 267 g/mol. The Morgan fingerprint density at radius 1 is 1.22 bits per heavy atom. The molecular weight excluding hydrogens is 246 g/mol. The largest absolute Gasteiger partial charge is 0.306 e. The van der Waals surface area contributed by atoms with Gasteiger partial charge in [0.05, 0.1) is 5.25 Å². The molecule has 18 heavy (non-hydrogen) atoms. The van der Waals surface area contributed by atoms with Crippen molar-refractivity contribution >= 4 is 9.84 Å². The van der Waals surface area contributed by atoms with Crippen LogP contribution in [0.15, 0.2) is 30.3 Å². The van der Waals surface area contributed by atoms with Gasteiger partial charge in [0.2, 0.25) is 0 Å². The summed E-state index contributed by atoms with van der Waals surface area (Å²) in [6.07, 6.45) is 4.09. The molecule has 4 heteroatoms. The van der Waals surface area contributed by atoms with Gasteiger partial charge in [0.1, 0.15) is 0 Å². The van der Waals surface area contributed by atoms with Crippen LogP contribution in [-0.2, 0) is 9.84 Å². The summed E-state index contributed by atoms with van der Waals surface area (Å²) in [7, 11) is -2.94. The van der Waals surface area contributed by atoms with E-state index >= 15 is 0 Å². The third-order valence-corrected chi connectivity index (χ3v) is 5.43. The van der Waals surface area contributed by atoms with Gasteiger partial charge < -0.3 is 5.32 Å². The second kappa shape index (κ2) is 5.41. The SMILES string of the molecule is C[C@@H](NC1CCCC1S(C)(=O)=O)c1ccccc1. The Balaban J connectivity index is 2.05. The van der Waals surface area contributed by atoms with Gasteiger partial charge in [-0.2, -0.15) is 0 Å². The maximum absolute atomic E-state index is 11.7. The van der Waals surface area contributed by atoms with Crippen molar-refractivity contribution in [3.63, 3.8) is 0 Å². The minimum atomic E-state index is -2.94. The van der Waals surface area contributed by atoms with Crippen LogP contribution in [0.1, 0.15) is 37.8 Å². The molecule has 0 saturated heterocycles. The Hall–Kier alpha value is -0.870. The van der Waals surface area contributed by atoms with E-state index in [2.05, 4.69) is 24.4 Å². The molecule has 100 valence electrons. The molecule has 1 N–H and O–H groups in total.